The number of piperidine rings is 1. The van der Waals surface area contributed by atoms with Crippen LogP contribution in [-0.4, -0.2) is 48.9 Å². The van der Waals surface area contributed by atoms with Crippen molar-refractivity contribution < 1.29 is 19.1 Å². The van der Waals surface area contributed by atoms with Crippen LogP contribution >= 0.6 is 0 Å². The number of hydrogen-bond acceptors (Lipinski definition) is 4. The lowest BCUT2D eigenvalue weighted by Crippen LogP contribution is -2.46. The van der Waals surface area contributed by atoms with Gasteiger partial charge in [-0.25, -0.2) is 0 Å². The average Bonchev–Trinajstić information content (AvgIpc) is 2.62. The highest BCUT2D eigenvalue weighted by Crippen LogP contribution is 2.13. The Hall–Kier alpha value is -2.37. The number of rotatable bonds is 6. The van der Waals surface area contributed by atoms with Gasteiger partial charge in [-0.3, -0.25) is 14.4 Å². The lowest BCUT2D eigenvalue weighted by molar-refractivity contribution is -0.144. The van der Waals surface area contributed by atoms with Crippen LogP contribution in [0.5, 0.6) is 0 Å². The van der Waals surface area contributed by atoms with Gasteiger partial charge < -0.3 is 15.0 Å². The first-order valence-corrected chi connectivity index (χ1v) is 8.67. The molecule has 0 aromatic heterocycles. The molecule has 0 atom stereocenters. The van der Waals surface area contributed by atoms with E-state index in [1.54, 1.807) is 4.90 Å². The summed E-state index contributed by atoms with van der Waals surface area (Å²) in [5.41, 5.74) is 2.17. The molecule has 6 nitrogen and oxygen atoms in total. The van der Waals surface area contributed by atoms with Crippen molar-refractivity contribution in [2.24, 2.45) is 0 Å². The van der Waals surface area contributed by atoms with Crippen molar-refractivity contribution >= 4 is 17.8 Å². The van der Waals surface area contributed by atoms with Gasteiger partial charge in [-0.1, -0.05) is 29.8 Å². The molecule has 0 saturated carbocycles. The topological polar surface area (TPSA) is 75.7 Å². The largest absolute Gasteiger partial charge is 0.469 e. The zero-order valence-corrected chi connectivity index (χ0v) is 14.9. The Kier molecular flexibility index (Phi) is 6.98. The van der Waals surface area contributed by atoms with Gasteiger partial charge in [0.15, 0.2) is 0 Å². The number of aryl methyl sites for hydroxylation is 1. The summed E-state index contributed by atoms with van der Waals surface area (Å²) in [6.45, 7) is 3.23. The summed E-state index contributed by atoms with van der Waals surface area (Å²) in [6, 6.07) is 8.04. The molecule has 2 amide bonds. The van der Waals surface area contributed by atoms with Crippen LogP contribution in [0.25, 0.3) is 0 Å². The molecule has 1 aromatic carbocycles. The van der Waals surface area contributed by atoms with Crippen molar-refractivity contribution in [1.29, 1.82) is 0 Å². The molecule has 1 fully saturated rings. The molecule has 1 saturated heterocycles. The maximum absolute atomic E-state index is 12.1. The Balaban J connectivity index is 1.70. The normalized spacial score (nSPS) is 14.9. The van der Waals surface area contributed by atoms with E-state index in [1.165, 1.54) is 12.7 Å². The minimum Gasteiger partial charge on any atom is -0.469 e. The van der Waals surface area contributed by atoms with Crippen LogP contribution in [0.1, 0.15) is 36.8 Å². The minimum absolute atomic E-state index is 0.0133. The van der Waals surface area contributed by atoms with Gasteiger partial charge in [-0.2, -0.15) is 0 Å². The predicted octanol–water partition coefficient (Wildman–Crippen LogP) is 1.60. The second-order valence-electron chi connectivity index (χ2n) is 6.46. The second-order valence-corrected chi connectivity index (χ2v) is 6.46. The fraction of sp³-hybridized carbons (Fsp3) is 0.526. The molecular weight excluding hydrogens is 320 g/mol. The second kappa shape index (κ2) is 9.20. The number of ether oxygens (including phenoxy) is 1. The molecule has 1 heterocycles. The van der Waals surface area contributed by atoms with E-state index in [2.05, 4.69) is 10.1 Å². The summed E-state index contributed by atoms with van der Waals surface area (Å²) in [4.78, 5) is 37.1. The monoisotopic (exact) mass is 346 g/mol. The van der Waals surface area contributed by atoms with Crippen LogP contribution in [0.3, 0.4) is 0 Å². The molecule has 6 heteroatoms. The third-order valence-electron chi connectivity index (χ3n) is 4.47. The molecule has 1 N–H and O–H groups in total. The molecule has 136 valence electrons. The standard InChI is InChI=1S/C19H26N2O4/c1-14-3-5-15(6-4-14)13-17(22)20-16-9-11-21(12-10-16)18(23)7-8-19(24)25-2/h3-6,16H,7-13H2,1-2H3,(H,20,22). The van der Waals surface area contributed by atoms with Crippen molar-refractivity contribution in [3.05, 3.63) is 35.4 Å². The van der Waals surface area contributed by atoms with Crippen molar-refractivity contribution in [1.82, 2.24) is 10.2 Å². The van der Waals surface area contributed by atoms with E-state index in [1.807, 2.05) is 31.2 Å². The number of hydrogen-bond donors (Lipinski definition) is 1. The zero-order chi connectivity index (χ0) is 18.2. The van der Waals surface area contributed by atoms with Gasteiger partial charge in [-0.05, 0) is 25.3 Å². The molecular formula is C19H26N2O4. The number of likely N-dealkylation sites (tertiary alicyclic amines) is 1. The summed E-state index contributed by atoms with van der Waals surface area (Å²) < 4.78 is 4.55. The number of benzene rings is 1. The molecule has 0 spiro atoms. The van der Waals surface area contributed by atoms with Crippen LogP contribution in [0.15, 0.2) is 24.3 Å². The van der Waals surface area contributed by atoms with Crippen molar-refractivity contribution in [2.75, 3.05) is 20.2 Å². The van der Waals surface area contributed by atoms with Crippen molar-refractivity contribution in [2.45, 2.75) is 45.1 Å². The summed E-state index contributed by atoms with van der Waals surface area (Å²) in [5.74, 6) is -0.388. The smallest absolute Gasteiger partial charge is 0.306 e. The Morgan fingerprint density at radius 3 is 2.36 bits per heavy atom. The maximum Gasteiger partial charge on any atom is 0.306 e. The molecule has 0 unspecified atom stereocenters. The fourth-order valence-corrected chi connectivity index (χ4v) is 2.91. The molecule has 0 bridgehead atoms. The first-order valence-electron chi connectivity index (χ1n) is 8.67. The van der Waals surface area contributed by atoms with Crippen molar-refractivity contribution in [3.63, 3.8) is 0 Å². The quantitative estimate of drug-likeness (QED) is 0.794. The van der Waals surface area contributed by atoms with E-state index in [0.29, 0.717) is 19.5 Å². The van der Waals surface area contributed by atoms with E-state index in [0.717, 1.165) is 18.4 Å². The Labute approximate surface area is 148 Å². The Morgan fingerprint density at radius 2 is 1.76 bits per heavy atom. The lowest BCUT2D eigenvalue weighted by atomic mass is 10.0. The summed E-state index contributed by atoms with van der Waals surface area (Å²) in [7, 11) is 1.32. The number of amides is 2. The van der Waals surface area contributed by atoms with E-state index in [9.17, 15) is 14.4 Å². The van der Waals surface area contributed by atoms with Gasteiger partial charge >= 0.3 is 5.97 Å². The van der Waals surface area contributed by atoms with Gasteiger partial charge in [0, 0.05) is 25.6 Å². The third kappa shape index (κ3) is 6.21. The maximum atomic E-state index is 12.1. The van der Waals surface area contributed by atoms with E-state index in [-0.39, 0.29) is 36.7 Å². The fourth-order valence-electron chi connectivity index (χ4n) is 2.91. The van der Waals surface area contributed by atoms with Crippen molar-refractivity contribution in [3.8, 4) is 0 Å². The van der Waals surface area contributed by atoms with Crippen LogP contribution in [0.4, 0.5) is 0 Å². The predicted molar refractivity (Wildman–Crippen MR) is 93.9 cm³/mol. The first-order chi connectivity index (χ1) is 12.0. The number of esters is 1. The molecule has 1 aliphatic heterocycles. The molecule has 25 heavy (non-hydrogen) atoms. The summed E-state index contributed by atoms with van der Waals surface area (Å²) in [5, 5.41) is 3.05. The molecule has 1 aliphatic rings. The highest BCUT2D eigenvalue weighted by Gasteiger charge is 2.24. The van der Waals surface area contributed by atoms with Gasteiger partial charge in [0.2, 0.25) is 11.8 Å². The van der Waals surface area contributed by atoms with Gasteiger partial charge in [0.05, 0.1) is 20.0 Å². The minimum atomic E-state index is -0.369. The Morgan fingerprint density at radius 1 is 1.12 bits per heavy atom. The molecule has 0 radical (unpaired) electrons. The van der Waals surface area contributed by atoms with Crippen LogP contribution in [0.2, 0.25) is 0 Å². The SMILES string of the molecule is COC(=O)CCC(=O)N1CCC(NC(=O)Cc2ccc(C)cc2)CC1. The number of methoxy groups -OCH3 is 1. The van der Waals surface area contributed by atoms with Gasteiger partial charge in [0.25, 0.3) is 0 Å². The number of carbonyl (C=O) groups is 3. The number of carbonyl (C=O) groups excluding carboxylic acids is 3. The number of nitrogens with zero attached hydrogens (tertiary/aromatic N) is 1. The molecule has 2 rings (SSSR count). The van der Waals surface area contributed by atoms with E-state index < -0.39 is 0 Å². The first kappa shape index (κ1) is 19.0. The van der Waals surface area contributed by atoms with E-state index >= 15 is 0 Å². The highest BCUT2D eigenvalue weighted by molar-refractivity contribution is 5.81. The lowest BCUT2D eigenvalue weighted by Gasteiger charge is -2.32. The number of nitrogens with one attached hydrogen (secondary N) is 1. The summed E-state index contributed by atoms with van der Waals surface area (Å²) in [6.07, 6.45) is 2.14. The summed E-state index contributed by atoms with van der Waals surface area (Å²) >= 11 is 0. The van der Waals surface area contributed by atoms with Gasteiger partial charge in [-0.15, -0.1) is 0 Å². The Bertz CT molecular complexity index is 604. The van der Waals surface area contributed by atoms with E-state index in [4.69, 9.17) is 0 Å². The van der Waals surface area contributed by atoms with Crippen LogP contribution in [-0.2, 0) is 25.5 Å². The van der Waals surface area contributed by atoms with Crippen LogP contribution < -0.4 is 5.32 Å². The van der Waals surface area contributed by atoms with Gasteiger partial charge in [0.1, 0.15) is 0 Å². The zero-order valence-electron chi connectivity index (χ0n) is 14.9. The molecule has 1 aromatic rings. The molecule has 0 aliphatic carbocycles. The average molecular weight is 346 g/mol. The van der Waals surface area contributed by atoms with Crippen LogP contribution in [0, 0.1) is 6.92 Å². The third-order valence-corrected chi connectivity index (χ3v) is 4.47. The highest BCUT2D eigenvalue weighted by atomic mass is 16.5.